The summed E-state index contributed by atoms with van der Waals surface area (Å²) in [6, 6.07) is 2.22. The fourth-order valence-corrected chi connectivity index (χ4v) is 5.40. The molecule has 1 N–H and O–H groups in total. The van der Waals surface area contributed by atoms with Crippen molar-refractivity contribution in [2.24, 2.45) is 11.8 Å². The van der Waals surface area contributed by atoms with Crippen LogP contribution in [0.4, 0.5) is 5.82 Å². The summed E-state index contributed by atoms with van der Waals surface area (Å²) in [6.07, 6.45) is 7.22. The van der Waals surface area contributed by atoms with Crippen LogP contribution in [-0.2, 0) is 11.2 Å². The summed E-state index contributed by atoms with van der Waals surface area (Å²) in [5, 5.41) is 4.33. The summed E-state index contributed by atoms with van der Waals surface area (Å²) in [5.74, 6) is 2.08. The number of hydrogen-bond donors (Lipinski definition) is 1. The molecule has 7 heteroatoms. The number of rotatable bonds is 6. The maximum Gasteiger partial charge on any atom is 0.224 e. The molecule has 0 bridgehead atoms. The zero-order chi connectivity index (χ0) is 20.2. The molecule has 0 spiro atoms. The summed E-state index contributed by atoms with van der Waals surface area (Å²) in [5.41, 5.74) is 0. The summed E-state index contributed by atoms with van der Waals surface area (Å²) in [7, 11) is 0. The Kier molecular flexibility index (Phi) is 6.65. The van der Waals surface area contributed by atoms with Crippen LogP contribution >= 0.6 is 11.3 Å². The Balaban J connectivity index is 1.33. The molecule has 6 nitrogen and oxygen atoms in total. The number of anilines is 1. The third-order valence-electron chi connectivity index (χ3n) is 6.40. The van der Waals surface area contributed by atoms with Gasteiger partial charge in [0.05, 0.1) is 11.3 Å². The highest BCUT2D eigenvalue weighted by Gasteiger charge is 2.28. The predicted molar refractivity (Wildman–Crippen MR) is 120 cm³/mol. The summed E-state index contributed by atoms with van der Waals surface area (Å²) < 4.78 is 0. The van der Waals surface area contributed by atoms with Crippen LogP contribution in [0.5, 0.6) is 0 Å². The van der Waals surface area contributed by atoms with E-state index in [2.05, 4.69) is 45.0 Å². The zero-order valence-corrected chi connectivity index (χ0v) is 18.5. The first kappa shape index (κ1) is 20.5. The summed E-state index contributed by atoms with van der Waals surface area (Å²) in [6.45, 7) is 10.3. The lowest BCUT2D eigenvalue weighted by atomic mass is 9.97. The minimum atomic E-state index is 0.0411. The van der Waals surface area contributed by atoms with Crippen molar-refractivity contribution >= 4 is 33.3 Å². The van der Waals surface area contributed by atoms with Crippen molar-refractivity contribution in [3.8, 4) is 0 Å². The fourth-order valence-electron chi connectivity index (χ4n) is 4.47. The van der Waals surface area contributed by atoms with E-state index in [1.807, 2.05) is 0 Å². The SMILES string of the molecule is CCc1cc2c(N3CCCC(C(=O)NCCN4CCC(C)CC4)C3)ncnc2s1. The minimum Gasteiger partial charge on any atom is -0.355 e. The molecule has 158 valence electrons. The molecule has 2 aromatic heterocycles. The van der Waals surface area contributed by atoms with Crippen LogP contribution in [0.3, 0.4) is 0 Å². The molecule has 0 aliphatic carbocycles. The van der Waals surface area contributed by atoms with Crippen LogP contribution in [0.25, 0.3) is 10.2 Å². The fraction of sp³-hybridized carbons (Fsp3) is 0.682. The lowest BCUT2D eigenvalue weighted by molar-refractivity contribution is -0.125. The van der Waals surface area contributed by atoms with Crippen molar-refractivity contribution in [1.29, 1.82) is 0 Å². The maximum atomic E-state index is 12.8. The highest BCUT2D eigenvalue weighted by Crippen LogP contribution is 2.32. The number of thiophene rings is 1. The molecule has 2 aromatic rings. The largest absolute Gasteiger partial charge is 0.355 e. The lowest BCUT2D eigenvalue weighted by Crippen LogP contribution is -2.45. The van der Waals surface area contributed by atoms with Crippen molar-refractivity contribution in [3.63, 3.8) is 0 Å². The predicted octanol–water partition coefficient (Wildman–Crippen LogP) is 3.32. The lowest BCUT2D eigenvalue weighted by Gasteiger charge is -2.33. The van der Waals surface area contributed by atoms with Gasteiger partial charge in [-0.1, -0.05) is 13.8 Å². The Labute approximate surface area is 177 Å². The molecule has 2 aliphatic heterocycles. The van der Waals surface area contributed by atoms with Crippen LogP contribution in [0.2, 0.25) is 0 Å². The van der Waals surface area contributed by atoms with Crippen LogP contribution < -0.4 is 10.2 Å². The molecule has 2 saturated heterocycles. The van der Waals surface area contributed by atoms with Gasteiger partial charge in [0.25, 0.3) is 0 Å². The van der Waals surface area contributed by atoms with Gasteiger partial charge in [0.1, 0.15) is 17.0 Å². The van der Waals surface area contributed by atoms with Crippen LogP contribution in [0, 0.1) is 11.8 Å². The average Bonchev–Trinajstić information content (AvgIpc) is 3.18. The number of carbonyl (C=O) groups excluding carboxylic acids is 1. The number of fused-ring (bicyclic) bond motifs is 1. The number of carbonyl (C=O) groups is 1. The number of amides is 1. The molecule has 2 fully saturated rings. The van der Waals surface area contributed by atoms with Gasteiger partial charge < -0.3 is 15.1 Å². The van der Waals surface area contributed by atoms with Gasteiger partial charge in [0, 0.05) is 31.1 Å². The summed E-state index contributed by atoms with van der Waals surface area (Å²) in [4.78, 5) is 29.0. The Bertz CT molecular complexity index is 830. The number of piperidine rings is 2. The van der Waals surface area contributed by atoms with Gasteiger partial charge in [-0.05, 0) is 57.2 Å². The number of aryl methyl sites for hydroxylation is 1. The van der Waals surface area contributed by atoms with E-state index < -0.39 is 0 Å². The van der Waals surface area contributed by atoms with Crippen LogP contribution in [0.15, 0.2) is 12.4 Å². The van der Waals surface area contributed by atoms with E-state index in [1.54, 1.807) is 17.7 Å². The van der Waals surface area contributed by atoms with Crippen molar-refractivity contribution in [2.45, 2.75) is 46.0 Å². The maximum absolute atomic E-state index is 12.8. The first-order valence-electron chi connectivity index (χ1n) is 11.1. The van der Waals surface area contributed by atoms with Gasteiger partial charge in [0.2, 0.25) is 5.91 Å². The van der Waals surface area contributed by atoms with Gasteiger partial charge in [-0.15, -0.1) is 11.3 Å². The van der Waals surface area contributed by atoms with Gasteiger partial charge in [-0.2, -0.15) is 0 Å². The van der Waals surface area contributed by atoms with E-state index in [1.165, 1.54) is 30.8 Å². The Hall–Kier alpha value is -1.73. The molecule has 0 aromatic carbocycles. The third kappa shape index (κ3) is 4.89. The van der Waals surface area contributed by atoms with E-state index in [4.69, 9.17) is 0 Å². The van der Waals surface area contributed by atoms with Gasteiger partial charge in [-0.25, -0.2) is 9.97 Å². The monoisotopic (exact) mass is 415 g/mol. The minimum absolute atomic E-state index is 0.0411. The number of likely N-dealkylation sites (tertiary alicyclic amines) is 1. The first-order valence-corrected chi connectivity index (χ1v) is 11.9. The second-order valence-electron chi connectivity index (χ2n) is 8.58. The molecule has 1 atom stereocenters. The van der Waals surface area contributed by atoms with E-state index in [-0.39, 0.29) is 11.8 Å². The summed E-state index contributed by atoms with van der Waals surface area (Å²) >= 11 is 1.75. The number of aromatic nitrogens is 2. The Morgan fingerprint density at radius 1 is 1.24 bits per heavy atom. The van der Waals surface area contributed by atoms with Gasteiger partial charge in [0.15, 0.2) is 0 Å². The molecule has 29 heavy (non-hydrogen) atoms. The molecule has 2 aliphatic rings. The van der Waals surface area contributed by atoms with Gasteiger partial charge in [-0.3, -0.25) is 4.79 Å². The number of hydrogen-bond acceptors (Lipinski definition) is 6. The average molecular weight is 416 g/mol. The molecule has 0 radical (unpaired) electrons. The first-order chi connectivity index (χ1) is 14.1. The molecule has 4 rings (SSSR count). The molecule has 4 heterocycles. The standard InChI is InChI=1S/C22H33N5OS/c1-3-18-13-19-20(24-15-25-22(19)29-18)27-9-4-5-17(14-27)21(28)23-8-12-26-10-6-16(2)7-11-26/h13,15-17H,3-12,14H2,1-2H3,(H,23,28). The third-order valence-corrected chi connectivity index (χ3v) is 7.59. The van der Waals surface area contributed by atoms with E-state index in [9.17, 15) is 4.79 Å². The number of nitrogens with one attached hydrogen (secondary N) is 1. The Morgan fingerprint density at radius 2 is 2.07 bits per heavy atom. The molecule has 1 unspecified atom stereocenters. The van der Waals surface area contributed by atoms with Crippen molar-refractivity contribution in [1.82, 2.24) is 20.2 Å². The highest BCUT2D eigenvalue weighted by atomic mass is 32.1. The molecular weight excluding hydrogens is 382 g/mol. The van der Waals surface area contributed by atoms with Crippen LogP contribution in [-0.4, -0.2) is 60.0 Å². The van der Waals surface area contributed by atoms with E-state index in [0.29, 0.717) is 0 Å². The second-order valence-corrected chi connectivity index (χ2v) is 9.70. The van der Waals surface area contributed by atoms with Crippen molar-refractivity contribution < 1.29 is 4.79 Å². The van der Waals surface area contributed by atoms with Gasteiger partial charge >= 0.3 is 0 Å². The normalized spacial score (nSPS) is 21.6. The molecule has 1 amide bonds. The molecule has 0 saturated carbocycles. The topological polar surface area (TPSA) is 61.4 Å². The highest BCUT2D eigenvalue weighted by molar-refractivity contribution is 7.18. The zero-order valence-electron chi connectivity index (χ0n) is 17.7. The second kappa shape index (κ2) is 9.39. The van der Waals surface area contributed by atoms with Crippen LogP contribution in [0.1, 0.15) is 44.4 Å². The number of nitrogens with zero attached hydrogens (tertiary/aromatic N) is 4. The Morgan fingerprint density at radius 3 is 2.86 bits per heavy atom. The smallest absolute Gasteiger partial charge is 0.224 e. The van der Waals surface area contributed by atoms with E-state index >= 15 is 0 Å². The van der Waals surface area contributed by atoms with Crippen molar-refractivity contribution in [3.05, 3.63) is 17.3 Å². The van der Waals surface area contributed by atoms with Crippen molar-refractivity contribution in [2.75, 3.05) is 44.2 Å². The molecular formula is C22H33N5OS. The quantitative estimate of drug-likeness (QED) is 0.784. The van der Waals surface area contributed by atoms with E-state index in [0.717, 1.165) is 67.4 Å².